The van der Waals surface area contributed by atoms with Gasteiger partial charge in [0.25, 0.3) is 11.8 Å². The Morgan fingerprint density at radius 3 is 2.32 bits per heavy atom. The van der Waals surface area contributed by atoms with Crippen molar-refractivity contribution in [3.8, 4) is 5.75 Å². The first-order valence-electron chi connectivity index (χ1n) is 7.14. The minimum absolute atomic E-state index is 0.179. The highest BCUT2D eigenvalue weighted by molar-refractivity contribution is 5.97. The number of carbonyl (C=O) groups is 2. The fourth-order valence-corrected chi connectivity index (χ4v) is 2.10. The van der Waals surface area contributed by atoms with Crippen LogP contribution in [0.5, 0.6) is 5.75 Å². The van der Waals surface area contributed by atoms with E-state index < -0.39 is 11.5 Å². The first-order valence-corrected chi connectivity index (χ1v) is 7.14. The van der Waals surface area contributed by atoms with Gasteiger partial charge < -0.3 is 20.5 Å². The van der Waals surface area contributed by atoms with Crippen LogP contribution in [0.15, 0.2) is 24.3 Å². The molecule has 22 heavy (non-hydrogen) atoms. The monoisotopic (exact) mass is 308 g/mol. The Morgan fingerprint density at radius 1 is 1.27 bits per heavy atom. The quantitative estimate of drug-likeness (QED) is 0.768. The molecule has 0 bridgehead atoms. The molecule has 1 rings (SSSR count). The SMILES string of the molecule is COC(C)(CC(C)C)C(=O)Nc1ccc(OCC(N)=O)cc1. The molecule has 2 amide bonds. The Hall–Kier alpha value is -2.08. The summed E-state index contributed by atoms with van der Waals surface area (Å²) in [5, 5.41) is 2.82. The number of primary amides is 1. The average Bonchev–Trinajstić information content (AvgIpc) is 2.45. The number of methoxy groups -OCH3 is 1. The highest BCUT2D eigenvalue weighted by atomic mass is 16.5. The maximum atomic E-state index is 12.4. The van der Waals surface area contributed by atoms with Crippen molar-refractivity contribution in [1.82, 2.24) is 0 Å². The van der Waals surface area contributed by atoms with Crippen LogP contribution < -0.4 is 15.8 Å². The third-order valence-corrected chi connectivity index (χ3v) is 3.22. The van der Waals surface area contributed by atoms with Crippen LogP contribution in [0.4, 0.5) is 5.69 Å². The van der Waals surface area contributed by atoms with Crippen LogP contribution in [-0.4, -0.2) is 31.1 Å². The lowest BCUT2D eigenvalue weighted by molar-refractivity contribution is -0.137. The molecular weight excluding hydrogens is 284 g/mol. The molecule has 6 nitrogen and oxygen atoms in total. The molecule has 1 aromatic rings. The number of carbonyl (C=O) groups excluding carboxylic acids is 2. The summed E-state index contributed by atoms with van der Waals surface area (Å²) in [5.41, 5.74) is 4.75. The normalized spacial score (nSPS) is 13.5. The van der Waals surface area contributed by atoms with Crippen molar-refractivity contribution in [3.05, 3.63) is 24.3 Å². The second kappa shape index (κ2) is 7.79. The standard InChI is InChI=1S/C16H24N2O4/c1-11(2)9-16(3,21-4)15(20)18-12-5-7-13(8-6-12)22-10-14(17)19/h5-8,11H,9-10H2,1-4H3,(H2,17,19)(H,18,20). The van der Waals surface area contributed by atoms with Gasteiger partial charge in [-0.3, -0.25) is 9.59 Å². The number of hydrogen-bond donors (Lipinski definition) is 2. The highest BCUT2D eigenvalue weighted by Crippen LogP contribution is 2.23. The summed E-state index contributed by atoms with van der Waals surface area (Å²) in [7, 11) is 1.53. The lowest BCUT2D eigenvalue weighted by Gasteiger charge is -2.28. The third-order valence-electron chi connectivity index (χ3n) is 3.22. The van der Waals surface area contributed by atoms with Crippen molar-refractivity contribution in [1.29, 1.82) is 0 Å². The minimum atomic E-state index is -0.880. The van der Waals surface area contributed by atoms with Crippen LogP contribution in [-0.2, 0) is 14.3 Å². The summed E-state index contributed by atoms with van der Waals surface area (Å²) < 4.78 is 10.5. The molecule has 0 aliphatic carbocycles. The number of benzene rings is 1. The Labute approximate surface area is 131 Å². The zero-order chi connectivity index (χ0) is 16.8. The molecule has 0 saturated carbocycles. The molecule has 0 aromatic heterocycles. The summed E-state index contributed by atoms with van der Waals surface area (Å²) in [6.07, 6.45) is 0.620. The molecule has 0 fully saturated rings. The Bertz CT molecular complexity index is 513. The molecule has 1 aromatic carbocycles. The van der Waals surface area contributed by atoms with E-state index in [2.05, 4.69) is 5.32 Å². The number of nitrogens with two attached hydrogens (primary N) is 1. The fraction of sp³-hybridized carbons (Fsp3) is 0.500. The number of anilines is 1. The third kappa shape index (κ3) is 5.37. The maximum Gasteiger partial charge on any atom is 0.256 e. The number of ether oxygens (including phenoxy) is 2. The molecule has 1 unspecified atom stereocenters. The van der Waals surface area contributed by atoms with Gasteiger partial charge in [-0.1, -0.05) is 13.8 Å². The van der Waals surface area contributed by atoms with Crippen LogP contribution in [0.3, 0.4) is 0 Å². The molecule has 0 spiro atoms. The largest absolute Gasteiger partial charge is 0.484 e. The molecule has 0 aliphatic rings. The summed E-state index contributed by atoms with van der Waals surface area (Å²) >= 11 is 0. The van der Waals surface area contributed by atoms with E-state index in [1.54, 1.807) is 31.2 Å². The average molecular weight is 308 g/mol. The van der Waals surface area contributed by atoms with Gasteiger partial charge in [0.15, 0.2) is 6.61 Å². The van der Waals surface area contributed by atoms with Gasteiger partial charge in [-0.15, -0.1) is 0 Å². The molecule has 0 radical (unpaired) electrons. The summed E-state index contributed by atoms with van der Waals surface area (Å²) in [5.74, 6) is 0.102. The number of amides is 2. The zero-order valence-electron chi connectivity index (χ0n) is 13.5. The summed E-state index contributed by atoms with van der Waals surface area (Å²) in [4.78, 5) is 23.0. The first kappa shape index (κ1) is 18.0. The second-order valence-electron chi connectivity index (χ2n) is 5.77. The summed E-state index contributed by atoms with van der Waals surface area (Å²) in [6.45, 7) is 5.67. The van der Waals surface area contributed by atoms with E-state index in [9.17, 15) is 9.59 Å². The first-order chi connectivity index (χ1) is 10.3. The Morgan fingerprint density at radius 2 is 1.86 bits per heavy atom. The maximum absolute atomic E-state index is 12.4. The van der Waals surface area contributed by atoms with Gasteiger partial charge in [0.1, 0.15) is 11.4 Å². The summed E-state index contributed by atoms with van der Waals surface area (Å²) in [6, 6.07) is 6.70. The van der Waals surface area contributed by atoms with Crippen LogP contribution in [0.2, 0.25) is 0 Å². The van der Waals surface area contributed by atoms with Crippen molar-refractivity contribution in [3.63, 3.8) is 0 Å². The topological polar surface area (TPSA) is 90.7 Å². The Balaban J connectivity index is 2.69. The lowest BCUT2D eigenvalue weighted by atomic mass is 9.93. The van der Waals surface area contributed by atoms with Gasteiger partial charge >= 0.3 is 0 Å². The molecule has 0 saturated heterocycles. The molecule has 6 heteroatoms. The molecular formula is C16H24N2O4. The van der Waals surface area contributed by atoms with Gasteiger partial charge in [-0.2, -0.15) is 0 Å². The predicted molar refractivity (Wildman–Crippen MR) is 84.6 cm³/mol. The lowest BCUT2D eigenvalue weighted by Crippen LogP contribution is -2.43. The smallest absolute Gasteiger partial charge is 0.256 e. The number of nitrogens with one attached hydrogen (secondary N) is 1. The Kier molecular flexibility index (Phi) is 6.37. The molecule has 122 valence electrons. The van der Waals surface area contributed by atoms with Crippen LogP contribution in [0.25, 0.3) is 0 Å². The molecule has 3 N–H and O–H groups in total. The van der Waals surface area contributed by atoms with Crippen molar-refractivity contribution in [2.24, 2.45) is 11.7 Å². The van der Waals surface area contributed by atoms with Gasteiger partial charge in [0.05, 0.1) is 0 Å². The molecule has 0 heterocycles. The van der Waals surface area contributed by atoms with Crippen molar-refractivity contribution < 1.29 is 19.1 Å². The van der Waals surface area contributed by atoms with Crippen LogP contribution in [0.1, 0.15) is 27.2 Å². The van der Waals surface area contributed by atoms with E-state index in [1.807, 2.05) is 13.8 Å². The van der Waals surface area contributed by atoms with Crippen LogP contribution >= 0.6 is 0 Å². The van der Waals surface area contributed by atoms with E-state index >= 15 is 0 Å². The van der Waals surface area contributed by atoms with Gasteiger partial charge in [-0.25, -0.2) is 0 Å². The van der Waals surface area contributed by atoms with Gasteiger partial charge in [-0.05, 0) is 43.5 Å². The van der Waals surface area contributed by atoms with E-state index in [0.717, 1.165) is 0 Å². The van der Waals surface area contributed by atoms with E-state index in [1.165, 1.54) is 7.11 Å². The molecule has 1 atom stereocenters. The predicted octanol–water partition coefficient (Wildman–Crippen LogP) is 1.94. The second-order valence-corrected chi connectivity index (χ2v) is 5.77. The fourth-order valence-electron chi connectivity index (χ4n) is 2.10. The number of hydrogen-bond acceptors (Lipinski definition) is 4. The highest BCUT2D eigenvalue weighted by Gasteiger charge is 2.33. The van der Waals surface area contributed by atoms with Crippen molar-refractivity contribution in [2.45, 2.75) is 32.8 Å². The zero-order valence-corrected chi connectivity index (χ0v) is 13.5. The van der Waals surface area contributed by atoms with E-state index in [-0.39, 0.29) is 12.5 Å². The van der Waals surface area contributed by atoms with Gasteiger partial charge in [0.2, 0.25) is 0 Å². The van der Waals surface area contributed by atoms with Crippen molar-refractivity contribution in [2.75, 3.05) is 19.0 Å². The minimum Gasteiger partial charge on any atom is -0.484 e. The van der Waals surface area contributed by atoms with Crippen molar-refractivity contribution >= 4 is 17.5 Å². The van der Waals surface area contributed by atoms with Gasteiger partial charge in [0, 0.05) is 12.8 Å². The van der Waals surface area contributed by atoms with E-state index in [4.69, 9.17) is 15.2 Å². The molecule has 0 aliphatic heterocycles. The van der Waals surface area contributed by atoms with Crippen LogP contribution in [0, 0.1) is 5.92 Å². The van der Waals surface area contributed by atoms with E-state index in [0.29, 0.717) is 23.8 Å². The number of rotatable bonds is 8.